The van der Waals surface area contributed by atoms with E-state index in [0.717, 1.165) is 0 Å². The summed E-state index contributed by atoms with van der Waals surface area (Å²) in [6.45, 7) is 2.10. The largest absolute Gasteiger partial charge is 0.477 e. The van der Waals surface area contributed by atoms with Gasteiger partial charge < -0.3 is 4.74 Å². The van der Waals surface area contributed by atoms with E-state index in [9.17, 15) is 10.1 Å². The van der Waals surface area contributed by atoms with Crippen LogP contribution in [0.15, 0.2) is 70.0 Å². The Morgan fingerprint density at radius 3 is 2.63 bits per heavy atom. The van der Waals surface area contributed by atoms with E-state index in [-0.39, 0.29) is 28.9 Å². The van der Waals surface area contributed by atoms with E-state index < -0.39 is 5.56 Å². The zero-order chi connectivity index (χ0) is 20.9. The van der Waals surface area contributed by atoms with Crippen LogP contribution in [0.2, 0.25) is 0 Å². The molecule has 1 aromatic carbocycles. The van der Waals surface area contributed by atoms with Crippen molar-refractivity contribution in [2.24, 2.45) is 10.2 Å². The predicted molar refractivity (Wildman–Crippen MR) is 106 cm³/mol. The summed E-state index contributed by atoms with van der Waals surface area (Å²) in [6.07, 6.45) is 4.40. The zero-order valence-corrected chi connectivity index (χ0v) is 15.8. The molecule has 0 unspecified atom stereocenters. The molecule has 0 fully saturated rings. The first-order chi connectivity index (χ1) is 14.7. The molecule has 3 aromatic heterocycles. The van der Waals surface area contributed by atoms with Gasteiger partial charge in [0, 0.05) is 12.4 Å². The van der Waals surface area contributed by atoms with Gasteiger partial charge in [0.2, 0.25) is 11.6 Å². The highest BCUT2D eigenvalue weighted by Gasteiger charge is 2.18. The minimum absolute atomic E-state index is 0.0358. The van der Waals surface area contributed by atoms with Crippen molar-refractivity contribution in [1.29, 1.82) is 5.26 Å². The van der Waals surface area contributed by atoms with Crippen molar-refractivity contribution in [3.05, 3.63) is 70.9 Å². The molecule has 148 valence electrons. The van der Waals surface area contributed by atoms with E-state index in [4.69, 9.17) is 4.74 Å². The number of rotatable bonds is 6. The second-order valence-electron chi connectivity index (χ2n) is 5.85. The van der Waals surface area contributed by atoms with Gasteiger partial charge in [0.15, 0.2) is 5.82 Å². The van der Waals surface area contributed by atoms with Crippen molar-refractivity contribution in [3.8, 4) is 23.6 Å². The fraction of sp³-hybridized carbons (Fsp3) is 0.105. The molecule has 3 heterocycles. The standard InChI is InChI=1S/C19H15N9O2/c1-2-30-17-15(18(29)27(26-17)14-7-4-3-5-8-14)24-25-16-13(11-20)12-23-28(16)19-21-9-6-10-22-19/h3-10,12,26H,2H2,1H3. The van der Waals surface area contributed by atoms with E-state index in [1.54, 1.807) is 25.1 Å². The fourth-order valence-electron chi connectivity index (χ4n) is 2.66. The van der Waals surface area contributed by atoms with Crippen LogP contribution in [0.5, 0.6) is 5.88 Å². The Morgan fingerprint density at radius 2 is 1.93 bits per heavy atom. The Hall–Kier alpha value is -4.59. The average molecular weight is 401 g/mol. The van der Waals surface area contributed by atoms with Crippen LogP contribution in [-0.4, -0.2) is 36.1 Å². The maximum absolute atomic E-state index is 12.9. The first-order valence-electron chi connectivity index (χ1n) is 8.93. The lowest BCUT2D eigenvalue weighted by atomic mass is 10.3. The van der Waals surface area contributed by atoms with Gasteiger partial charge in [-0.15, -0.1) is 10.2 Å². The molecule has 11 nitrogen and oxygen atoms in total. The molecule has 4 rings (SSSR count). The van der Waals surface area contributed by atoms with E-state index in [1.807, 2.05) is 24.3 Å². The molecule has 0 aliphatic carbocycles. The molecule has 11 heteroatoms. The Morgan fingerprint density at radius 1 is 1.17 bits per heavy atom. The molecular formula is C19H15N9O2. The third kappa shape index (κ3) is 3.45. The summed E-state index contributed by atoms with van der Waals surface area (Å²) < 4.78 is 8.10. The molecule has 0 saturated heterocycles. The van der Waals surface area contributed by atoms with Crippen LogP contribution in [0, 0.1) is 11.3 Å². The number of H-pyrrole nitrogens is 1. The topological polar surface area (TPSA) is 139 Å². The van der Waals surface area contributed by atoms with Gasteiger partial charge in [-0.05, 0) is 25.1 Å². The number of ether oxygens (including phenoxy) is 1. The van der Waals surface area contributed by atoms with Crippen LogP contribution >= 0.6 is 0 Å². The van der Waals surface area contributed by atoms with Crippen molar-refractivity contribution in [2.45, 2.75) is 6.92 Å². The summed E-state index contributed by atoms with van der Waals surface area (Å²) >= 11 is 0. The summed E-state index contributed by atoms with van der Waals surface area (Å²) in [5.41, 5.74) is 0.286. The van der Waals surface area contributed by atoms with Gasteiger partial charge in [0.1, 0.15) is 11.6 Å². The number of hydrogen-bond acceptors (Lipinski definition) is 8. The second kappa shape index (κ2) is 8.19. The molecule has 0 bridgehead atoms. The van der Waals surface area contributed by atoms with Gasteiger partial charge in [0.05, 0.1) is 18.5 Å². The van der Waals surface area contributed by atoms with Crippen LogP contribution in [0.3, 0.4) is 0 Å². The molecule has 1 N–H and O–H groups in total. The van der Waals surface area contributed by atoms with Crippen LogP contribution in [0.4, 0.5) is 11.5 Å². The first kappa shape index (κ1) is 18.8. The summed E-state index contributed by atoms with van der Waals surface area (Å²) in [5.74, 6) is 0.474. The summed E-state index contributed by atoms with van der Waals surface area (Å²) in [5, 5.41) is 24.5. The molecule has 0 saturated carbocycles. The highest BCUT2D eigenvalue weighted by molar-refractivity contribution is 5.52. The Balaban J connectivity index is 1.80. The molecule has 0 atom stereocenters. The number of azo groups is 1. The van der Waals surface area contributed by atoms with Crippen molar-refractivity contribution >= 4 is 11.5 Å². The van der Waals surface area contributed by atoms with Crippen LogP contribution < -0.4 is 10.3 Å². The van der Waals surface area contributed by atoms with Gasteiger partial charge in [-0.2, -0.15) is 15.0 Å². The summed E-state index contributed by atoms with van der Waals surface area (Å²) in [7, 11) is 0. The Kier molecular flexibility index (Phi) is 5.12. The maximum atomic E-state index is 12.9. The Labute approximate surface area is 169 Å². The third-order valence-corrected chi connectivity index (χ3v) is 3.99. The Bertz CT molecular complexity index is 1280. The molecule has 0 amide bonds. The van der Waals surface area contributed by atoms with Crippen molar-refractivity contribution < 1.29 is 4.74 Å². The SMILES string of the molecule is CCOc1[nH]n(-c2ccccc2)c(=O)c1N=Nc1c(C#N)cnn1-c1ncccn1. The third-order valence-electron chi connectivity index (χ3n) is 3.99. The molecule has 0 spiro atoms. The summed E-state index contributed by atoms with van der Waals surface area (Å²) in [4.78, 5) is 21.1. The van der Waals surface area contributed by atoms with Crippen LogP contribution in [0.1, 0.15) is 12.5 Å². The molecular weight excluding hydrogens is 386 g/mol. The molecule has 30 heavy (non-hydrogen) atoms. The number of para-hydroxylation sites is 1. The summed E-state index contributed by atoms with van der Waals surface area (Å²) in [6, 6.07) is 12.6. The lowest BCUT2D eigenvalue weighted by Crippen LogP contribution is -2.13. The van der Waals surface area contributed by atoms with E-state index in [0.29, 0.717) is 12.3 Å². The van der Waals surface area contributed by atoms with E-state index >= 15 is 0 Å². The highest BCUT2D eigenvalue weighted by atomic mass is 16.5. The van der Waals surface area contributed by atoms with Gasteiger partial charge in [0.25, 0.3) is 5.95 Å². The number of nitrogens with one attached hydrogen (secondary N) is 1. The monoisotopic (exact) mass is 401 g/mol. The lowest BCUT2D eigenvalue weighted by Gasteiger charge is -2.01. The van der Waals surface area contributed by atoms with Gasteiger partial charge in [-0.25, -0.2) is 14.6 Å². The zero-order valence-electron chi connectivity index (χ0n) is 15.8. The number of benzene rings is 1. The number of aromatic amines is 1. The minimum atomic E-state index is -0.450. The second-order valence-corrected chi connectivity index (χ2v) is 5.85. The number of nitrogens with zero attached hydrogens (tertiary/aromatic N) is 8. The number of aromatic nitrogens is 6. The number of nitriles is 1. The highest BCUT2D eigenvalue weighted by Crippen LogP contribution is 2.27. The minimum Gasteiger partial charge on any atom is -0.477 e. The molecule has 0 radical (unpaired) electrons. The van der Waals surface area contributed by atoms with E-state index in [1.165, 1.54) is 28.0 Å². The van der Waals surface area contributed by atoms with Gasteiger partial charge >= 0.3 is 5.56 Å². The van der Waals surface area contributed by atoms with Gasteiger partial charge in [-0.1, -0.05) is 18.2 Å². The normalized spacial score (nSPS) is 10.9. The first-order valence-corrected chi connectivity index (χ1v) is 8.93. The number of hydrogen-bond donors (Lipinski definition) is 1. The smallest absolute Gasteiger partial charge is 0.303 e. The van der Waals surface area contributed by atoms with Crippen LogP contribution in [0.25, 0.3) is 11.6 Å². The maximum Gasteiger partial charge on any atom is 0.303 e. The molecule has 0 aliphatic rings. The van der Waals surface area contributed by atoms with Gasteiger partial charge in [-0.3, -0.25) is 9.89 Å². The average Bonchev–Trinajstić information content (AvgIpc) is 3.34. The predicted octanol–water partition coefficient (Wildman–Crippen LogP) is 2.83. The lowest BCUT2D eigenvalue weighted by molar-refractivity contribution is 0.325. The van der Waals surface area contributed by atoms with Crippen molar-refractivity contribution in [1.82, 2.24) is 29.5 Å². The molecule has 0 aliphatic heterocycles. The fourth-order valence-corrected chi connectivity index (χ4v) is 2.66. The van der Waals surface area contributed by atoms with Crippen LogP contribution in [-0.2, 0) is 0 Å². The van der Waals surface area contributed by atoms with Crippen molar-refractivity contribution in [2.75, 3.05) is 6.61 Å². The van der Waals surface area contributed by atoms with Crippen molar-refractivity contribution in [3.63, 3.8) is 0 Å². The van der Waals surface area contributed by atoms with E-state index in [2.05, 4.69) is 30.4 Å². The molecule has 4 aromatic rings. The quantitative estimate of drug-likeness (QED) is 0.493.